The van der Waals surface area contributed by atoms with Gasteiger partial charge in [0.05, 0.1) is 31.7 Å². The molecule has 1 aliphatic heterocycles. The Kier molecular flexibility index (Phi) is 6.12. The molecule has 0 bridgehead atoms. The third kappa shape index (κ3) is 3.80. The van der Waals surface area contributed by atoms with E-state index in [1.165, 1.54) is 34.6 Å². The Balaban J connectivity index is 1.62. The molecule has 3 heterocycles. The molecule has 3 aliphatic rings. The Morgan fingerprint density at radius 3 is 2.50 bits per heavy atom. The van der Waals surface area contributed by atoms with Crippen LogP contribution in [0.2, 0.25) is 0 Å². The van der Waals surface area contributed by atoms with Crippen molar-refractivity contribution in [1.82, 2.24) is 9.13 Å². The lowest BCUT2D eigenvalue weighted by molar-refractivity contribution is -0.908. The summed E-state index contributed by atoms with van der Waals surface area (Å²) < 4.78 is 9.12. The maximum absolute atomic E-state index is 13.7. The van der Waals surface area contributed by atoms with Crippen molar-refractivity contribution in [2.45, 2.75) is 76.8 Å². The summed E-state index contributed by atoms with van der Waals surface area (Å²) in [5.74, 6) is 0. The van der Waals surface area contributed by atoms with E-state index in [1.807, 2.05) is 4.57 Å². The molecule has 1 saturated heterocycles. The first-order chi connectivity index (χ1) is 14.7. The first-order valence-corrected chi connectivity index (χ1v) is 12.8. The van der Waals surface area contributed by atoms with E-state index in [4.69, 9.17) is 4.74 Å². The summed E-state index contributed by atoms with van der Waals surface area (Å²) in [6, 6.07) is 0.0754. The van der Waals surface area contributed by atoms with Crippen molar-refractivity contribution in [2.24, 2.45) is 0 Å². The Labute approximate surface area is 181 Å². The SMILES string of the molecule is O=c1c2c3c(sc2n(CC[NH+]2CCOCC2)c(=O)n1C1CCCCC1)CCCCC3. The van der Waals surface area contributed by atoms with Crippen molar-refractivity contribution in [3.8, 4) is 0 Å². The number of morpholine rings is 1. The maximum atomic E-state index is 13.7. The van der Waals surface area contributed by atoms with Gasteiger partial charge in [-0.1, -0.05) is 25.7 Å². The van der Waals surface area contributed by atoms with Gasteiger partial charge in [0, 0.05) is 10.9 Å². The molecular weight excluding hydrogens is 398 g/mol. The zero-order chi connectivity index (χ0) is 20.5. The largest absolute Gasteiger partial charge is 0.370 e. The minimum Gasteiger partial charge on any atom is -0.370 e. The molecule has 0 aromatic carbocycles. The predicted molar refractivity (Wildman–Crippen MR) is 120 cm³/mol. The minimum atomic E-state index is -0.0662. The van der Waals surface area contributed by atoms with Crippen LogP contribution < -0.4 is 16.1 Å². The summed E-state index contributed by atoms with van der Waals surface area (Å²) in [5, 5.41) is 0.874. The van der Waals surface area contributed by atoms with Gasteiger partial charge in [-0.2, -0.15) is 0 Å². The van der Waals surface area contributed by atoms with E-state index in [0.29, 0.717) is 6.54 Å². The topological polar surface area (TPSA) is 57.7 Å². The third-order valence-corrected chi connectivity index (χ3v) is 8.66. The van der Waals surface area contributed by atoms with E-state index in [9.17, 15) is 9.59 Å². The second-order valence-corrected chi connectivity index (χ2v) is 10.3. The monoisotopic (exact) mass is 432 g/mol. The van der Waals surface area contributed by atoms with Gasteiger partial charge < -0.3 is 9.64 Å². The second kappa shape index (κ2) is 8.97. The highest BCUT2D eigenvalue weighted by molar-refractivity contribution is 7.18. The van der Waals surface area contributed by atoms with Gasteiger partial charge in [-0.05, 0) is 44.1 Å². The smallest absolute Gasteiger partial charge is 0.332 e. The average molecular weight is 433 g/mol. The number of quaternary nitrogens is 1. The number of aromatic nitrogens is 2. The van der Waals surface area contributed by atoms with E-state index in [2.05, 4.69) is 0 Å². The van der Waals surface area contributed by atoms with E-state index >= 15 is 0 Å². The minimum absolute atomic E-state index is 0.00345. The molecule has 1 N–H and O–H groups in total. The van der Waals surface area contributed by atoms with E-state index in [0.717, 1.165) is 88.0 Å². The summed E-state index contributed by atoms with van der Waals surface area (Å²) in [4.78, 5) is 31.1. The van der Waals surface area contributed by atoms with Crippen molar-refractivity contribution < 1.29 is 9.64 Å². The fourth-order valence-corrected chi connectivity index (χ4v) is 7.00. The highest BCUT2D eigenvalue weighted by atomic mass is 32.1. The van der Waals surface area contributed by atoms with Crippen molar-refractivity contribution >= 4 is 21.6 Å². The lowest BCUT2D eigenvalue weighted by Crippen LogP contribution is -3.14. The van der Waals surface area contributed by atoms with Crippen LogP contribution in [-0.4, -0.2) is 42.0 Å². The lowest BCUT2D eigenvalue weighted by atomic mass is 9.95. The van der Waals surface area contributed by atoms with Gasteiger partial charge in [-0.15, -0.1) is 11.3 Å². The number of fused-ring (bicyclic) bond motifs is 3. The maximum Gasteiger partial charge on any atom is 0.332 e. The van der Waals surface area contributed by atoms with Crippen LogP contribution in [-0.2, 0) is 24.1 Å². The number of hydrogen-bond donors (Lipinski definition) is 1. The van der Waals surface area contributed by atoms with Gasteiger partial charge >= 0.3 is 5.69 Å². The Morgan fingerprint density at radius 2 is 1.70 bits per heavy atom. The summed E-state index contributed by atoms with van der Waals surface area (Å²) in [6.07, 6.45) is 11.0. The summed E-state index contributed by atoms with van der Waals surface area (Å²) in [5.41, 5.74) is 1.19. The Morgan fingerprint density at radius 1 is 0.967 bits per heavy atom. The zero-order valence-electron chi connectivity index (χ0n) is 17.9. The van der Waals surface area contributed by atoms with Crippen LogP contribution in [0, 0.1) is 0 Å². The molecule has 2 aromatic rings. The van der Waals surface area contributed by atoms with E-state index < -0.39 is 0 Å². The molecule has 164 valence electrons. The summed E-state index contributed by atoms with van der Waals surface area (Å²) in [6.45, 7) is 5.21. The van der Waals surface area contributed by atoms with Crippen LogP contribution in [0.5, 0.6) is 0 Å². The highest BCUT2D eigenvalue weighted by Crippen LogP contribution is 2.34. The fourth-order valence-electron chi connectivity index (χ4n) is 5.60. The molecule has 0 unspecified atom stereocenters. The number of nitrogens with one attached hydrogen (secondary N) is 1. The van der Waals surface area contributed by atoms with Crippen LogP contribution in [0.15, 0.2) is 9.59 Å². The molecule has 0 amide bonds. The molecule has 0 spiro atoms. The quantitative estimate of drug-likeness (QED) is 0.751. The number of hydrogen-bond acceptors (Lipinski definition) is 4. The number of aryl methyl sites for hydroxylation is 2. The van der Waals surface area contributed by atoms with Gasteiger partial charge in [0.25, 0.3) is 5.56 Å². The Bertz CT molecular complexity index is 1010. The first kappa shape index (κ1) is 20.5. The fraction of sp³-hybridized carbons (Fsp3) is 0.739. The molecule has 7 heteroatoms. The Hall–Kier alpha value is -1.44. The van der Waals surface area contributed by atoms with Crippen LogP contribution in [0.3, 0.4) is 0 Å². The molecule has 0 atom stereocenters. The van der Waals surface area contributed by atoms with E-state index in [-0.39, 0.29) is 17.3 Å². The molecule has 6 nitrogen and oxygen atoms in total. The predicted octanol–water partition coefficient (Wildman–Crippen LogP) is 1.91. The van der Waals surface area contributed by atoms with E-state index in [1.54, 1.807) is 15.9 Å². The molecule has 1 saturated carbocycles. The highest BCUT2D eigenvalue weighted by Gasteiger charge is 2.27. The van der Waals surface area contributed by atoms with Crippen molar-refractivity contribution in [3.63, 3.8) is 0 Å². The third-order valence-electron chi connectivity index (χ3n) is 7.35. The van der Waals surface area contributed by atoms with Crippen LogP contribution in [0.1, 0.15) is 67.8 Å². The van der Waals surface area contributed by atoms with Crippen LogP contribution in [0.25, 0.3) is 10.2 Å². The average Bonchev–Trinajstić information content (AvgIpc) is 2.98. The van der Waals surface area contributed by atoms with Crippen molar-refractivity contribution in [2.75, 3.05) is 32.8 Å². The normalized spacial score (nSPS) is 21.6. The summed E-state index contributed by atoms with van der Waals surface area (Å²) in [7, 11) is 0. The molecular formula is C23H34N3O3S+. The second-order valence-electron chi connectivity index (χ2n) is 9.26. The molecule has 2 aliphatic carbocycles. The number of ether oxygens (including phenoxy) is 1. The van der Waals surface area contributed by atoms with Gasteiger partial charge in [0.15, 0.2) is 0 Å². The number of nitrogens with zero attached hydrogens (tertiary/aromatic N) is 2. The van der Waals surface area contributed by atoms with Gasteiger partial charge in [0.2, 0.25) is 0 Å². The van der Waals surface area contributed by atoms with Gasteiger partial charge in [0.1, 0.15) is 17.9 Å². The van der Waals surface area contributed by atoms with Crippen molar-refractivity contribution in [3.05, 3.63) is 31.3 Å². The molecule has 5 rings (SSSR count). The first-order valence-electron chi connectivity index (χ1n) is 11.9. The molecule has 30 heavy (non-hydrogen) atoms. The molecule has 2 aromatic heterocycles. The number of thiophene rings is 1. The van der Waals surface area contributed by atoms with Crippen molar-refractivity contribution in [1.29, 1.82) is 0 Å². The van der Waals surface area contributed by atoms with Crippen LogP contribution in [0.4, 0.5) is 0 Å². The summed E-state index contributed by atoms with van der Waals surface area (Å²) >= 11 is 1.73. The standard InChI is InChI=1S/C23H33N3O3S/c27-21-20-18-9-5-2-6-10-19(18)30-22(20)25(12-11-24-13-15-29-16-14-24)23(28)26(21)17-7-3-1-4-8-17/h17H,1-16H2/p+1. The van der Waals surface area contributed by atoms with Crippen LogP contribution >= 0.6 is 11.3 Å². The molecule has 0 radical (unpaired) electrons. The van der Waals surface area contributed by atoms with Gasteiger partial charge in [-0.3, -0.25) is 13.9 Å². The van der Waals surface area contributed by atoms with Gasteiger partial charge in [-0.25, -0.2) is 4.79 Å². The number of rotatable bonds is 4. The lowest BCUT2D eigenvalue weighted by Gasteiger charge is -2.26. The molecule has 2 fully saturated rings. The zero-order valence-corrected chi connectivity index (χ0v) is 18.7.